The molecule has 116 valence electrons. The number of hydrogen-bond donors (Lipinski definition) is 0. The predicted octanol–water partition coefficient (Wildman–Crippen LogP) is 3.95. The maximum absolute atomic E-state index is 14.1. The van der Waals surface area contributed by atoms with Crippen LogP contribution in [0.3, 0.4) is 0 Å². The van der Waals surface area contributed by atoms with E-state index in [0.717, 1.165) is 24.7 Å². The Bertz CT molecular complexity index is 796. The van der Waals surface area contributed by atoms with E-state index >= 15 is 0 Å². The second-order valence-corrected chi connectivity index (χ2v) is 7.85. The zero-order valence-corrected chi connectivity index (χ0v) is 13.2. The van der Waals surface area contributed by atoms with Crippen molar-refractivity contribution in [3.05, 3.63) is 48.0 Å². The molecule has 0 bridgehead atoms. The molecule has 1 fully saturated rings. The molecule has 22 heavy (non-hydrogen) atoms. The monoisotopic (exact) mass is 319 g/mol. The highest BCUT2D eigenvalue weighted by Gasteiger charge is 2.21. The Balaban J connectivity index is 2.07. The highest BCUT2D eigenvalue weighted by atomic mass is 32.2. The van der Waals surface area contributed by atoms with Gasteiger partial charge >= 0.3 is 0 Å². The molecule has 0 amide bonds. The van der Waals surface area contributed by atoms with Gasteiger partial charge in [0, 0.05) is 24.2 Å². The molecule has 3 rings (SSSR count). The molecule has 1 aromatic carbocycles. The van der Waals surface area contributed by atoms with Gasteiger partial charge in [0.25, 0.3) is 0 Å². The molecule has 0 atom stereocenters. The lowest BCUT2D eigenvalue weighted by Gasteiger charge is -2.15. The second-order valence-electron chi connectivity index (χ2n) is 5.86. The molecule has 5 heteroatoms. The quantitative estimate of drug-likeness (QED) is 0.860. The van der Waals surface area contributed by atoms with Crippen LogP contribution in [0.15, 0.2) is 41.6 Å². The van der Waals surface area contributed by atoms with Crippen LogP contribution >= 0.6 is 0 Å². The minimum absolute atomic E-state index is 0.262. The molecule has 0 unspecified atom stereocenters. The van der Waals surface area contributed by atoms with E-state index in [1.165, 1.54) is 30.5 Å². The topological polar surface area (TPSA) is 47.0 Å². The highest BCUT2D eigenvalue weighted by molar-refractivity contribution is 7.90. The molecule has 1 aliphatic carbocycles. The highest BCUT2D eigenvalue weighted by Crippen LogP contribution is 2.39. The van der Waals surface area contributed by atoms with Gasteiger partial charge in [-0.1, -0.05) is 18.9 Å². The third-order valence-corrected chi connectivity index (χ3v) is 5.42. The molecule has 0 aliphatic heterocycles. The average Bonchev–Trinajstić information content (AvgIpc) is 3.00. The first kappa shape index (κ1) is 15.2. The van der Waals surface area contributed by atoms with Crippen molar-refractivity contribution in [1.82, 2.24) is 4.98 Å². The van der Waals surface area contributed by atoms with Crippen molar-refractivity contribution in [2.45, 2.75) is 36.5 Å². The number of benzene rings is 1. The van der Waals surface area contributed by atoms with Crippen LogP contribution in [0.1, 0.15) is 37.2 Å². The van der Waals surface area contributed by atoms with Gasteiger partial charge in [-0.3, -0.25) is 4.98 Å². The minimum Gasteiger partial charge on any atom is -0.264 e. The first-order chi connectivity index (χ1) is 10.5. The van der Waals surface area contributed by atoms with Crippen LogP contribution in [-0.2, 0) is 9.84 Å². The van der Waals surface area contributed by atoms with Gasteiger partial charge in [-0.2, -0.15) is 0 Å². The second kappa shape index (κ2) is 5.80. The Hall–Kier alpha value is -1.75. The van der Waals surface area contributed by atoms with Gasteiger partial charge in [0.2, 0.25) is 0 Å². The smallest absolute Gasteiger partial charge is 0.178 e. The first-order valence-electron chi connectivity index (χ1n) is 7.40. The largest absolute Gasteiger partial charge is 0.264 e. The van der Waals surface area contributed by atoms with E-state index < -0.39 is 15.7 Å². The maximum atomic E-state index is 14.1. The lowest BCUT2D eigenvalue weighted by Crippen LogP contribution is -2.02. The standard InChI is InChI=1S/C17H18FNO2S/c1-22(20,21)17-7-6-13(10-16(17)18)15-11-19-9-8-14(15)12-4-2-3-5-12/h6-12H,2-5H2,1H3. The van der Waals surface area contributed by atoms with Gasteiger partial charge in [-0.15, -0.1) is 0 Å². The Morgan fingerprint density at radius 2 is 1.91 bits per heavy atom. The van der Waals surface area contributed by atoms with Crippen LogP contribution in [-0.4, -0.2) is 19.7 Å². The van der Waals surface area contributed by atoms with Crippen molar-refractivity contribution in [2.75, 3.05) is 6.26 Å². The van der Waals surface area contributed by atoms with Gasteiger partial charge in [-0.05, 0) is 48.1 Å². The number of hydrogen-bond acceptors (Lipinski definition) is 3. The van der Waals surface area contributed by atoms with Crippen molar-refractivity contribution in [3.8, 4) is 11.1 Å². The molecule has 1 aromatic heterocycles. The summed E-state index contributed by atoms with van der Waals surface area (Å²) in [6.07, 6.45) is 9.23. The molecule has 1 saturated carbocycles. The van der Waals surface area contributed by atoms with Crippen molar-refractivity contribution >= 4 is 9.84 Å². The van der Waals surface area contributed by atoms with E-state index in [0.29, 0.717) is 11.5 Å². The maximum Gasteiger partial charge on any atom is 0.178 e. The summed E-state index contributed by atoms with van der Waals surface area (Å²) < 4.78 is 37.2. The number of nitrogens with zero attached hydrogens (tertiary/aromatic N) is 1. The third-order valence-electron chi connectivity index (χ3n) is 4.29. The fourth-order valence-electron chi connectivity index (χ4n) is 3.21. The summed E-state index contributed by atoms with van der Waals surface area (Å²) in [5, 5.41) is 0. The van der Waals surface area contributed by atoms with Gasteiger partial charge in [0.15, 0.2) is 9.84 Å². The van der Waals surface area contributed by atoms with E-state index in [9.17, 15) is 12.8 Å². The Labute approximate surface area is 130 Å². The number of aromatic nitrogens is 1. The molecule has 2 aromatic rings. The molecule has 1 heterocycles. The van der Waals surface area contributed by atoms with Crippen molar-refractivity contribution in [2.24, 2.45) is 0 Å². The number of rotatable bonds is 3. The zero-order valence-electron chi connectivity index (χ0n) is 12.4. The lowest BCUT2D eigenvalue weighted by molar-refractivity contribution is 0.571. The number of halogens is 1. The normalized spacial score (nSPS) is 16.1. The van der Waals surface area contributed by atoms with E-state index in [2.05, 4.69) is 4.98 Å². The van der Waals surface area contributed by atoms with Crippen LogP contribution in [0.25, 0.3) is 11.1 Å². The SMILES string of the molecule is CS(=O)(=O)c1ccc(-c2cnccc2C2CCCC2)cc1F. The van der Waals surface area contributed by atoms with Crippen LogP contribution in [0.5, 0.6) is 0 Å². The van der Waals surface area contributed by atoms with Gasteiger partial charge < -0.3 is 0 Å². The fourth-order valence-corrected chi connectivity index (χ4v) is 3.94. The van der Waals surface area contributed by atoms with Gasteiger partial charge in [-0.25, -0.2) is 12.8 Å². The molecular weight excluding hydrogens is 301 g/mol. The van der Waals surface area contributed by atoms with Crippen molar-refractivity contribution in [3.63, 3.8) is 0 Å². The van der Waals surface area contributed by atoms with Crippen LogP contribution in [0.2, 0.25) is 0 Å². The van der Waals surface area contributed by atoms with Crippen molar-refractivity contribution in [1.29, 1.82) is 0 Å². The molecule has 0 spiro atoms. The minimum atomic E-state index is -3.55. The third kappa shape index (κ3) is 2.90. The van der Waals surface area contributed by atoms with Crippen LogP contribution < -0.4 is 0 Å². The Kier molecular flexibility index (Phi) is 4.00. The van der Waals surface area contributed by atoms with Crippen LogP contribution in [0, 0.1) is 5.82 Å². The molecule has 0 saturated heterocycles. The molecule has 0 radical (unpaired) electrons. The average molecular weight is 319 g/mol. The van der Waals surface area contributed by atoms with Gasteiger partial charge in [0.05, 0.1) is 0 Å². The summed E-state index contributed by atoms with van der Waals surface area (Å²) in [4.78, 5) is 3.89. The number of pyridine rings is 1. The molecule has 3 nitrogen and oxygen atoms in total. The van der Waals surface area contributed by atoms with Crippen molar-refractivity contribution < 1.29 is 12.8 Å². The summed E-state index contributed by atoms with van der Waals surface area (Å²) in [5.41, 5.74) is 2.76. The Morgan fingerprint density at radius 1 is 1.18 bits per heavy atom. The fraction of sp³-hybridized carbons (Fsp3) is 0.353. The summed E-state index contributed by atoms with van der Waals surface area (Å²) in [7, 11) is -3.55. The summed E-state index contributed by atoms with van der Waals surface area (Å²) >= 11 is 0. The predicted molar refractivity (Wildman–Crippen MR) is 83.9 cm³/mol. The molecular formula is C17H18FNO2S. The Morgan fingerprint density at radius 3 is 2.55 bits per heavy atom. The first-order valence-corrected chi connectivity index (χ1v) is 9.30. The number of sulfone groups is 1. The van der Waals surface area contributed by atoms with E-state index in [-0.39, 0.29) is 4.90 Å². The summed E-state index contributed by atoms with van der Waals surface area (Å²) in [6, 6.07) is 6.29. The van der Waals surface area contributed by atoms with Crippen LogP contribution in [0.4, 0.5) is 4.39 Å². The molecule has 0 N–H and O–H groups in total. The van der Waals surface area contributed by atoms with E-state index in [4.69, 9.17) is 0 Å². The zero-order chi connectivity index (χ0) is 15.7. The summed E-state index contributed by atoms with van der Waals surface area (Å²) in [5.74, 6) is -0.225. The van der Waals surface area contributed by atoms with E-state index in [1.807, 2.05) is 6.07 Å². The lowest BCUT2D eigenvalue weighted by atomic mass is 9.91. The van der Waals surface area contributed by atoms with Gasteiger partial charge in [0.1, 0.15) is 10.7 Å². The summed E-state index contributed by atoms with van der Waals surface area (Å²) in [6.45, 7) is 0. The molecule has 1 aliphatic rings. The van der Waals surface area contributed by atoms with E-state index in [1.54, 1.807) is 18.5 Å².